The molecule has 0 spiro atoms. The van der Waals surface area contributed by atoms with Crippen LogP contribution in [0.2, 0.25) is 0 Å². The average molecular weight is 322 g/mol. The molecule has 124 valence electrons. The van der Waals surface area contributed by atoms with Crippen molar-refractivity contribution in [1.82, 2.24) is 14.8 Å². The predicted molar refractivity (Wildman–Crippen MR) is 93.9 cm³/mol. The quantitative estimate of drug-likeness (QED) is 0.725. The van der Waals surface area contributed by atoms with Crippen LogP contribution in [0.15, 0.2) is 47.0 Å². The highest BCUT2D eigenvalue weighted by Crippen LogP contribution is 2.33. The Morgan fingerprint density at radius 2 is 1.92 bits per heavy atom. The molecule has 0 saturated heterocycles. The number of nitrogens with zero attached hydrogens (tertiary/aromatic N) is 4. The van der Waals surface area contributed by atoms with Crippen molar-refractivity contribution in [2.75, 3.05) is 4.90 Å². The topological polar surface area (TPSA) is 47.1 Å². The molecule has 5 nitrogen and oxygen atoms in total. The zero-order valence-electron chi connectivity index (χ0n) is 14.3. The molecular weight excluding hydrogens is 300 g/mol. The number of anilines is 1. The second kappa shape index (κ2) is 5.82. The van der Waals surface area contributed by atoms with Crippen molar-refractivity contribution in [3.63, 3.8) is 0 Å². The van der Waals surface area contributed by atoms with Crippen LogP contribution in [0, 0.1) is 6.92 Å². The molecule has 0 saturated carbocycles. The molecule has 1 aromatic carbocycles. The molecule has 1 aliphatic rings. The van der Waals surface area contributed by atoms with Crippen molar-refractivity contribution < 1.29 is 4.42 Å². The van der Waals surface area contributed by atoms with Crippen LogP contribution >= 0.6 is 0 Å². The van der Waals surface area contributed by atoms with E-state index >= 15 is 0 Å². The summed E-state index contributed by atoms with van der Waals surface area (Å²) in [6, 6.07) is 13.0. The minimum atomic E-state index is 0.430. The summed E-state index contributed by atoms with van der Waals surface area (Å²) in [4.78, 5) is 7.11. The minimum Gasteiger partial charge on any atom is -0.441 e. The molecule has 2 unspecified atom stereocenters. The number of aryl methyl sites for hydroxylation is 1. The summed E-state index contributed by atoms with van der Waals surface area (Å²) in [5, 5.41) is 4.47. The van der Waals surface area contributed by atoms with Gasteiger partial charge in [0.2, 0.25) is 5.89 Å². The van der Waals surface area contributed by atoms with E-state index in [1.54, 1.807) is 0 Å². The lowest BCUT2D eigenvalue weighted by molar-refractivity contribution is 0.370. The average Bonchev–Trinajstić information content (AvgIpc) is 3.20. The highest BCUT2D eigenvalue weighted by molar-refractivity contribution is 5.53. The first-order valence-corrected chi connectivity index (χ1v) is 8.45. The second-order valence-electron chi connectivity index (χ2n) is 6.58. The molecule has 0 radical (unpaired) electrons. The third-order valence-corrected chi connectivity index (χ3v) is 4.81. The Morgan fingerprint density at radius 3 is 2.71 bits per heavy atom. The van der Waals surface area contributed by atoms with Gasteiger partial charge in [-0.2, -0.15) is 5.10 Å². The second-order valence-corrected chi connectivity index (χ2v) is 6.58. The normalized spacial score (nSPS) is 20.2. The Hall–Kier alpha value is -2.56. The molecule has 2 atom stereocenters. The van der Waals surface area contributed by atoms with Crippen molar-refractivity contribution >= 4 is 5.82 Å². The molecule has 24 heavy (non-hydrogen) atoms. The van der Waals surface area contributed by atoms with Gasteiger partial charge in [-0.1, -0.05) is 18.2 Å². The summed E-state index contributed by atoms with van der Waals surface area (Å²) in [6.07, 6.45) is 2.96. The van der Waals surface area contributed by atoms with Gasteiger partial charge in [0.05, 0.1) is 18.8 Å². The molecule has 0 bridgehead atoms. The van der Waals surface area contributed by atoms with Gasteiger partial charge in [-0.3, -0.25) is 0 Å². The van der Waals surface area contributed by atoms with Gasteiger partial charge in [-0.05, 0) is 39.3 Å². The third-order valence-electron chi connectivity index (χ3n) is 4.81. The zero-order valence-corrected chi connectivity index (χ0v) is 14.3. The van der Waals surface area contributed by atoms with Gasteiger partial charge in [-0.25, -0.2) is 9.67 Å². The lowest BCUT2D eigenvalue weighted by Gasteiger charge is -2.38. The molecule has 3 heterocycles. The molecule has 0 fully saturated rings. The van der Waals surface area contributed by atoms with E-state index in [9.17, 15) is 0 Å². The fourth-order valence-corrected chi connectivity index (χ4v) is 3.50. The van der Waals surface area contributed by atoms with E-state index < -0.39 is 0 Å². The van der Waals surface area contributed by atoms with Crippen molar-refractivity contribution in [3.05, 3.63) is 54.0 Å². The molecule has 1 aliphatic heterocycles. The summed E-state index contributed by atoms with van der Waals surface area (Å²) in [5.74, 6) is 2.73. The fourth-order valence-electron chi connectivity index (χ4n) is 3.50. The van der Waals surface area contributed by atoms with Gasteiger partial charge in [0, 0.05) is 17.7 Å². The van der Waals surface area contributed by atoms with E-state index in [0.29, 0.717) is 18.0 Å². The van der Waals surface area contributed by atoms with Crippen LogP contribution in [0.5, 0.6) is 0 Å². The predicted octanol–water partition coefficient (Wildman–Crippen LogP) is 4.21. The monoisotopic (exact) mass is 322 g/mol. The van der Waals surface area contributed by atoms with Gasteiger partial charge in [0.1, 0.15) is 17.3 Å². The first-order chi connectivity index (χ1) is 11.6. The molecule has 4 rings (SSSR count). The van der Waals surface area contributed by atoms with Gasteiger partial charge < -0.3 is 9.32 Å². The van der Waals surface area contributed by atoms with Crippen LogP contribution in [0.4, 0.5) is 5.82 Å². The number of oxazole rings is 1. The number of hydrogen-bond donors (Lipinski definition) is 0. The Morgan fingerprint density at radius 1 is 1.12 bits per heavy atom. The lowest BCUT2D eigenvalue weighted by Crippen LogP contribution is -2.40. The van der Waals surface area contributed by atoms with Crippen LogP contribution < -0.4 is 4.90 Å². The maximum absolute atomic E-state index is 5.91. The van der Waals surface area contributed by atoms with Crippen molar-refractivity contribution in [1.29, 1.82) is 0 Å². The zero-order chi connectivity index (χ0) is 16.7. The van der Waals surface area contributed by atoms with Gasteiger partial charge >= 0.3 is 0 Å². The van der Waals surface area contributed by atoms with Crippen molar-refractivity contribution in [3.8, 4) is 11.5 Å². The molecular formula is C19H22N4O. The number of benzene rings is 1. The Kier molecular flexibility index (Phi) is 3.63. The molecule has 0 amide bonds. The Bertz CT molecular complexity index is 836. The van der Waals surface area contributed by atoms with Crippen molar-refractivity contribution in [2.24, 2.45) is 0 Å². The molecule has 3 aromatic rings. The largest absolute Gasteiger partial charge is 0.441 e. The van der Waals surface area contributed by atoms with Gasteiger partial charge in [0.25, 0.3) is 0 Å². The van der Waals surface area contributed by atoms with E-state index in [1.165, 1.54) is 0 Å². The van der Waals surface area contributed by atoms with Crippen LogP contribution in [0.3, 0.4) is 0 Å². The summed E-state index contributed by atoms with van der Waals surface area (Å²) in [5.41, 5.74) is 2.00. The number of fused-ring (bicyclic) bond motifs is 1. The summed E-state index contributed by atoms with van der Waals surface area (Å²) >= 11 is 0. The van der Waals surface area contributed by atoms with E-state index in [0.717, 1.165) is 35.8 Å². The number of aromatic nitrogens is 3. The molecule has 0 aliphatic carbocycles. The number of rotatable bonds is 3. The van der Waals surface area contributed by atoms with Crippen LogP contribution in [0.1, 0.15) is 37.8 Å². The summed E-state index contributed by atoms with van der Waals surface area (Å²) in [7, 11) is 0. The van der Waals surface area contributed by atoms with Crippen LogP contribution in [-0.4, -0.2) is 20.8 Å². The number of hydrogen-bond acceptors (Lipinski definition) is 4. The lowest BCUT2D eigenvalue weighted by atomic mass is 10.1. The van der Waals surface area contributed by atoms with E-state index in [4.69, 9.17) is 9.40 Å². The third kappa shape index (κ3) is 2.50. The Labute approximate surface area is 141 Å². The molecule has 2 aromatic heterocycles. The highest BCUT2D eigenvalue weighted by Gasteiger charge is 2.29. The molecule has 0 N–H and O–H groups in total. The maximum atomic E-state index is 5.91. The Balaban J connectivity index is 1.65. The highest BCUT2D eigenvalue weighted by atomic mass is 16.4. The van der Waals surface area contributed by atoms with E-state index in [2.05, 4.69) is 34.6 Å². The van der Waals surface area contributed by atoms with Crippen LogP contribution in [-0.2, 0) is 6.54 Å². The van der Waals surface area contributed by atoms with Crippen molar-refractivity contribution in [2.45, 2.75) is 45.8 Å². The first kappa shape index (κ1) is 15.0. The first-order valence-electron chi connectivity index (χ1n) is 8.45. The van der Waals surface area contributed by atoms with Crippen LogP contribution in [0.25, 0.3) is 11.5 Å². The summed E-state index contributed by atoms with van der Waals surface area (Å²) in [6.45, 7) is 7.21. The standard InChI is InChI=1S/C19H22N4O/c1-13-11-14(2)23-18(9-10-20-23)22(13)12-17-15(3)24-19(21-17)16-7-5-4-6-8-16/h4-10,13-14H,11-12H2,1-3H3. The van der Waals surface area contributed by atoms with E-state index in [1.807, 2.05) is 43.5 Å². The van der Waals surface area contributed by atoms with Gasteiger partial charge in [-0.15, -0.1) is 0 Å². The summed E-state index contributed by atoms with van der Waals surface area (Å²) < 4.78 is 8.01. The van der Waals surface area contributed by atoms with Gasteiger partial charge in [0.15, 0.2) is 0 Å². The maximum Gasteiger partial charge on any atom is 0.226 e. The smallest absolute Gasteiger partial charge is 0.226 e. The SMILES string of the molecule is Cc1oc(-c2ccccc2)nc1CN1c2ccnn2C(C)CC1C. The fraction of sp³-hybridized carbons (Fsp3) is 0.368. The molecule has 5 heteroatoms. The minimum absolute atomic E-state index is 0.430. The van der Waals surface area contributed by atoms with E-state index in [-0.39, 0.29) is 0 Å².